The molecule has 3 heterocycles. The maximum absolute atomic E-state index is 12.0. The molecule has 2 aliphatic rings. The minimum absolute atomic E-state index is 0.138. The first-order valence-electron chi connectivity index (χ1n) is 9.00. The fraction of sp³-hybridized carbons (Fsp3) is 0.722. The lowest BCUT2D eigenvalue weighted by molar-refractivity contribution is -0.0532. The van der Waals surface area contributed by atoms with Crippen molar-refractivity contribution in [2.75, 3.05) is 46.4 Å². The maximum atomic E-state index is 12.0. The van der Waals surface area contributed by atoms with E-state index in [0.29, 0.717) is 18.3 Å². The second kappa shape index (κ2) is 8.14. The van der Waals surface area contributed by atoms with E-state index >= 15 is 0 Å². The van der Waals surface area contributed by atoms with Gasteiger partial charge in [0.05, 0.1) is 19.0 Å². The van der Waals surface area contributed by atoms with Gasteiger partial charge in [-0.1, -0.05) is 0 Å². The Bertz CT molecular complexity index is 537. The van der Waals surface area contributed by atoms with Crippen molar-refractivity contribution >= 4 is 5.91 Å². The van der Waals surface area contributed by atoms with Crippen molar-refractivity contribution < 1.29 is 13.9 Å². The summed E-state index contributed by atoms with van der Waals surface area (Å²) >= 11 is 0. The molecular formula is C18H29N3O3. The molecule has 0 radical (unpaired) electrons. The summed E-state index contributed by atoms with van der Waals surface area (Å²) < 4.78 is 11.1. The first kappa shape index (κ1) is 17.5. The van der Waals surface area contributed by atoms with Crippen LogP contribution in [0, 0.1) is 6.92 Å². The third kappa shape index (κ3) is 4.37. The van der Waals surface area contributed by atoms with Crippen molar-refractivity contribution in [2.24, 2.45) is 0 Å². The lowest BCUT2D eigenvalue weighted by Gasteiger charge is -2.41. The van der Waals surface area contributed by atoms with E-state index in [1.807, 2.05) is 6.92 Å². The zero-order chi connectivity index (χ0) is 16.9. The van der Waals surface area contributed by atoms with Crippen LogP contribution in [0.3, 0.4) is 0 Å². The van der Waals surface area contributed by atoms with Gasteiger partial charge >= 0.3 is 0 Å². The Balaban J connectivity index is 1.41. The number of nitrogens with zero attached hydrogens (tertiary/aromatic N) is 2. The highest BCUT2D eigenvalue weighted by atomic mass is 16.5. The summed E-state index contributed by atoms with van der Waals surface area (Å²) in [6.45, 7) is 7.67. The summed E-state index contributed by atoms with van der Waals surface area (Å²) in [6, 6.07) is 2.49. The molecule has 6 nitrogen and oxygen atoms in total. The average molecular weight is 335 g/mol. The number of likely N-dealkylation sites (tertiary alicyclic amines) is 1. The molecule has 2 fully saturated rings. The number of ether oxygens (including phenoxy) is 1. The van der Waals surface area contributed by atoms with Crippen LogP contribution in [0.25, 0.3) is 0 Å². The van der Waals surface area contributed by atoms with Gasteiger partial charge in [0.2, 0.25) is 0 Å². The number of piperidine rings is 1. The number of hydrogen-bond donors (Lipinski definition) is 1. The van der Waals surface area contributed by atoms with E-state index in [4.69, 9.17) is 9.15 Å². The van der Waals surface area contributed by atoms with E-state index in [1.54, 1.807) is 12.3 Å². The molecule has 3 rings (SSSR count). The third-order valence-electron chi connectivity index (χ3n) is 5.19. The van der Waals surface area contributed by atoms with Crippen molar-refractivity contribution in [3.63, 3.8) is 0 Å². The van der Waals surface area contributed by atoms with Crippen LogP contribution in [0.2, 0.25) is 0 Å². The summed E-state index contributed by atoms with van der Waals surface area (Å²) in [7, 11) is 2.20. The summed E-state index contributed by atoms with van der Waals surface area (Å²) in [4.78, 5) is 17.0. The Hall–Kier alpha value is -1.37. The topological polar surface area (TPSA) is 58.0 Å². The first-order chi connectivity index (χ1) is 11.6. The van der Waals surface area contributed by atoms with Crippen molar-refractivity contribution in [3.05, 3.63) is 23.7 Å². The highest BCUT2D eigenvalue weighted by molar-refractivity contribution is 5.92. The Labute approximate surface area is 144 Å². The van der Waals surface area contributed by atoms with E-state index in [2.05, 4.69) is 22.2 Å². The maximum Gasteiger partial charge on any atom is 0.287 e. The van der Waals surface area contributed by atoms with Crippen LogP contribution in [0.4, 0.5) is 0 Å². The van der Waals surface area contributed by atoms with Crippen LogP contribution < -0.4 is 5.32 Å². The number of hydrogen-bond acceptors (Lipinski definition) is 5. The van der Waals surface area contributed by atoms with Crippen LogP contribution in [0.5, 0.6) is 0 Å². The Morgan fingerprint density at radius 2 is 2.12 bits per heavy atom. The fourth-order valence-corrected chi connectivity index (χ4v) is 3.64. The average Bonchev–Trinajstić information content (AvgIpc) is 3.02. The Kier molecular flexibility index (Phi) is 5.92. The van der Waals surface area contributed by atoms with Gasteiger partial charge in [-0.3, -0.25) is 9.69 Å². The summed E-state index contributed by atoms with van der Waals surface area (Å²) in [5.74, 6) is 0.271. The quantitative estimate of drug-likeness (QED) is 0.884. The number of furan rings is 1. The molecule has 1 aromatic rings. The van der Waals surface area contributed by atoms with Crippen LogP contribution in [-0.4, -0.2) is 74.2 Å². The molecule has 1 aromatic heterocycles. The highest BCUT2D eigenvalue weighted by Gasteiger charge is 2.28. The SMILES string of the molecule is Cc1ccoc1C(=O)NCC[C@H]1CN(C2CCN(C)CC2)CCO1. The van der Waals surface area contributed by atoms with E-state index in [0.717, 1.165) is 31.7 Å². The summed E-state index contributed by atoms with van der Waals surface area (Å²) in [6.07, 6.45) is 5.09. The van der Waals surface area contributed by atoms with Crippen LogP contribution in [0.15, 0.2) is 16.7 Å². The summed E-state index contributed by atoms with van der Waals surface area (Å²) in [5.41, 5.74) is 0.870. The minimum Gasteiger partial charge on any atom is -0.459 e. The van der Waals surface area contributed by atoms with Gasteiger partial charge in [-0.15, -0.1) is 0 Å². The van der Waals surface area contributed by atoms with Gasteiger partial charge in [0.15, 0.2) is 5.76 Å². The molecule has 2 aliphatic heterocycles. The smallest absolute Gasteiger partial charge is 0.287 e. The van der Waals surface area contributed by atoms with Crippen LogP contribution in [0.1, 0.15) is 35.4 Å². The number of carbonyl (C=O) groups is 1. The highest BCUT2D eigenvalue weighted by Crippen LogP contribution is 2.19. The summed E-state index contributed by atoms with van der Waals surface area (Å²) in [5, 5.41) is 2.94. The van der Waals surface area contributed by atoms with E-state index in [1.165, 1.54) is 25.9 Å². The van der Waals surface area contributed by atoms with E-state index < -0.39 is 0 Å². The van der Waals surface area contributed by atoms with Gasteiger partial charge in [0.25, 0.3) is 5.91 Å². The Morgan fingerprint density at radius 1 is 1.33 bits per heavy atom. The van der Waals surface area contributed by atoms with Gasteiger partial charge < -0.3 is 19.4 Å². The number of nitrogens with one attached hydrogen (secondary N) is 1. The largest absolute Gasteiger partial charge is 0.459 e. The molecule has 6 heteroatoms. The normalized spacial score (nSPS) is 24.2. The zero-order valence-electron chi connectivity index (χ0n) is 14.8. The van der Waals surface area contributed by atoms with Crippen molar-refractivity contribution in [3.8, 4) is 0 Å². The lowest BCUT2D eigenvalue weighted by atomic mass is 10.0. The third-order valence-corrected chi connectivity index (χ3v) is 5.19. The number of aryl methyl sites for hydroxylation is 1. The minimum atomic E-state index is -0.138. The predicted molar refractivity (Wildman–Crippen MR) is 92.2 cm³/mol. The first-order valence-corrected chi connectivity index (χ1v) is 9.00. The molecule has 0 saturated carbocycles. The molecule has 2 saturated heterocycles. The van der Waals surface area contributed by atoms with Gasteiger partial charge in [-0.2, -0.15) is 0 Å². The van der Waals surface area contributed by atoms with Gasteiger partial charge in [0.1, 0.15) is 0 Å². The molecule has 0 aliphatic carbocycles. The molecular weight excluding hydrogens is 306 g/mol. The van der Waals surface area contributed by atoms with Crippen molar-refractivity contribution in [1.29, 1.82) is 0 Å². The zero-order valence-corrected chi connectivity index (χ0v) is 14.8. The standard InChI is InChI=1S/C18H29N3O3/c1-14-6-11-24-17(14)18(22)19-7-3-16-13-21(10-12-23-16)15-4-8-20(2)9-5-15/h6,11,15-16H,3-5,7-10,12-13H2,1-2H3,(H,19,22)/t16-/m0/s1. The molecule has 1 N–H and O–H groups in total. The van der Waals surface area contributed by atoms with Crippen molar-refractivity contribution in [1.82, 2.24) is 15.1 Å². The number of morpholine rings is 1. The lowest BCUT2D eigenvalue weighted by Crippen LogP contribution is -2.51. The van der Waals surface area contributed by atoms with E-state index in [9.17, 15) is 4.79 Å². The number of rotatable bonds is 5. The fourth-order valence-electron chi connectivity index (χ4n) is 3.64. The molecule has 1 atom stereocenters. The number of amides is 1. The molecule has 0 aromatic carbocycles. The predicted octanol–water partition coefficient (Wildman–Crippen LogP) is 1.50. The molecule has 24 heavy (non-hydrogen) atoms. The van der Waals surface area contributed by atoms with Crippen molar-refractivity contribution in [2.45, 2.75) is 38.3 Å². The number of carbonyl (C=O) groups excluding carboxylic acids is 1. The monoisotopic (exact) mass is 335 g/mol. The van der Waals surface area contributed by atoms with Crippen LogP contribution >= 0.6 is 0 Å². The second-order valence-corrected chi connectivity index (χ2v) is 7.00. The van der Waals surface area contributed by atoms with Gasteiger partial charge in [0, 0.05) is 31.2 Å². The molecule has 0 spiro atoms. The van der Waals surface area contributed by atoms with E-state index in [-0.39, 0.29) is 12.0 Å². The van der Waals surface area contributed by atoms with Gasteiger partial charge in [-0.05, 0) is 52.4 Å². The molecule has 1 amide bonds. The second-order valence-electron chi connectivity index (χ2n) is 7.00. The van der Waals surface area contributed by atoms with Crippen LogP contribution in [-0.2, 0) is 4.74 Å². The Morgan fingerprint density at radius 3 is 2.83 bits per heavy atom. The molecule has 0 unspecified atom stereocenters. The van der Waals surface area contributed by atoms with Gasteiger partial charge in [-0.25, -0.2) is 0 Å². The molecule has 134 valence electrons. The molecule has 0 bridgehead atoms.